The van der Waals surface area contributed by atoms with Gasteiger partial charge in [-0.1, -0.05) is 80.1 Å². The molecule has 0 saturated heterocycles. The van der Waals surface area contributed by atoms with Gasteiger partial charge in [-0.15, -0.1) is 0 Å². The molecule has 0 fully saturated rings. The molecule has 0 aliphatic carbocycles. The number of nitrogens with one attached hydrogen (secondary N) is 1. The molecule has 0 unspecified atom stereocenters. The molecule has 0 heterocycles. The quantitative estimate of drug-likeness (QED) is 0.306. The van der Waals surface area contributed by atoms with E-state index in [9.17, 15) is 18.0 Å². The Morgan fingerprint density at radius 2 is 1.56 bits per heavy atom. The van der Waals surface area contributed by atoms with Gasteiger partial charge >= 0.3 is 0 Å². The van der Waals surface area contributed by atoms with Gasteiger partial charge in [-0.25, -0.2) is 8.42 Å². The van der Waals surface area contributed by atoms with Crippen LogP contribution in [0.1, 0.15) is 30.9 Å². The molecule has 0 aromatic heterocycles. The van der Waals surface area contributed by atoms with Crippen LogP contribution in [-0.2, 0) is 32.6 Å². The van der Waals surface area contributed by atoms with Crippen LogP contribution in [0.15, 0.2) is 84.9 Å². The molecule has 9 heteroatoms. The number of carbonyl (C=O) groups is 2. The van der Waals surface area contributed by atoms with Crippen molar-refractivity contribution in [1.29, 1.82) is 0 Å². The lowest BCUT2D eigenvalue weighted by atomic mass is 10.0. The Kier molecular flexibility index (Phi) is 10.9. The van der Waals surface area contributed by atoms with Gasteiger partial charge in [0, 0.05) is 25.6 Å². The number of anilines is 1. The molecule has 208 valence electrons. The lowest BCUT2D eigenvalue weighted by Crippen LogP contribution is -2.53. The first kappa shape index (κ1) is 29.7. The molecular weight excluding hydrogens is 514 g/mol. The van der Waals surface area contributed by atoms with Gasteiger partial charge in [0.2, 0.25) is 21.8 Å². The fourth-order valence-corrected chi connectivity index (χ4v) is 5.06. The van der Waals surface area contributed by atoms with Crippen LogP contribution in [0.3, 0.4) is 0 Å². The highest BCUT2D eigenvalue weighted by atomic mass is 32.2. The number of amides is 2. The van der Waals surface area contributed by atoms with Crippen molar-refractivity contribution in [2.45, 2.75) is 38.8 Å². The third-order valence-corrected chi connectivity index (χ3v) is 7.46. The van der Waals surface area contributed by atoms with Crippen LogP contribution in [0.2, 0.25) is 0 Å². The molecule has 0 aliphatic heterocycles. The van der Waals surface area contributed by atoms with Crippen LogP contribution in [0.4, 0.5) is 5.69 Å². The molecule has 0 spiro atoms. The summed E-state index contributed by atoms with van der Waals surface area (Å²) in [5.41, 5.74) is 2.03. The Hall–Kier alpha value is -3.85. The fourth-order valence-electron chi connectivity index (χ4n) is 4.22. The maximum absolute atomic E-state index is 14.0. The second-order valence-electron chi connectivity index (χ2n) is 9.33. The van der Waals surface area contributed by atoms with Crippen LogP contribution >= 0.6 is 0 Å². The Morgan fingerprint density at radius 1 is 0.923 bits per heavy atom. The molecule has 0 bridgehead atoms. The number of benzene rings is 3. The normalized spacial score (nSPS) is 11.9. The van der Waals surface area contributed by atoms with Gasteiger partial charge in [0.25, 0.3) is 0 Å². The minimum atomic E-state index is -3.84. The molecule has 3 aromatic carbocycles. The maximum Gasteiger partial charge on any atom is 0.244 e. The fraction of sp³-hybridized carbons (Fsp3) is 0.333. The van der Waals surface area contributed by atoms with Crippen molar-refractivity contribution in [3.63, 3.8) is 0 Å². The molecule has 8 nitrogen and oxygen atoms in total. The van der Waals surface area contributed by atoms with Gasteiger partial charge in [-0.2, -0.15) is 0 Å². The van der Waals surface area contributed by atoms with E-state index in [1.165, 1.54) is 12.0 Å². The summed E-state index contributed by atoms with van der Waals surface area (Å²) in [6.07, 6.45) is 3.07. The monoisotopic (exact) mass is 551 g/mol. The molecule has 0 radical (unpaired) electrons. The highest BCUT2D eigenvalue weighted by Crippen LogP contribution is 2.24. The number of nitrogens with zero attached hydrogens (tertiary/aromatic N) is 2. The average Bonchev–Trinajstić information content (AvgIpc) is 2.94. The van der Waals surface area contributed by atoms with Crippen LogP contribution in [0.25, 0.3) is 0 Å². The number of hydrogen-bond acceptors (Lipinski definition) is 5. The standard InChI is InChI=1S/C30H37N3O5S/c1-4-5-19-31-30(35)28(20-24-13-8-6-9-14-24)32(22-25-15-10-7-11-16-25)29(34)23-33(39(3,36)37)26-17-12-18-27(21-26)38-2/h6-18,21,28H,4-5,19-20,22-23H2,1-3H3,(H,31,35)/t28-/m1/s1. The predicted octanol–water partition coefficient (Wildman–Crippen LogP) is 4.02. The summed E-state index contributed by atoms with van der Waals surface area (Å²) in [5.74, 6) is -0.297. The van der Waals surface area contributed by atoms with Crippen molar-refractivity contribution in [3.05, 3.63) is 96.1 Å². The summed E-state index contributed by atoms with van der Waals surface area (Å²) in [6.45, 7) is 2.21. The van der Waals surface area contributed by atoms with Crippen molar-refractivity contribution in [3.8, 4) is 5.75 Å². The number of carbonyl (C=O) groups excluding carboxylic acids is 2. The third-order valence-electron chi connectivity index (χ3n) is 6.32. The molecular formula is C30H37N3O5S. The summed E-state index contributed by atoms with van der Waals surface area (Å²) in [5, 5.41) is 2.97. The molecule has 2 amide bonds. The van der Waals surface area contributed by atoms with Crippen LogP contribution in [0.5, 0.6) is 5.75 Å². The van der Waals surface area contributed by atoms with Crippen molar-refractivity contribution < 1.29 is 22.7 Å². The van der Waals surface area contributed by atoms with Crippen molar-refractivity contribution >= 4 is 27.5 Å². The lowest BCUT2D eigenvalue weighted by Gasteiger charge is -2.33. The van der Waals surface area contributed by atoms with Gasteiger partial charge < -0.3 is 15.0 Å². The highest BCUT2D eigenvalue weighted by Gasteiger charge is 2.33. The minimum absolute atomic E-state index is 0.147. The first-order valence-electron chi connectivity index (χ1n) is 13.0. The number of ether oxygens (including phenoxy) is 1. The molecule has 0 saturated carbocycles. The molecule has 1 N–H and O–H groups in total. The van der Waals surface area contributed by atoms with Crippen molar-refractivity contribution in [1.82, 2.24) is 10.2 Å². The second-order valence-corrected chi connectivity index (χ2v) is 11.2. The Bertz CT molecular complexity index is 1320. The Balaban J connectivity index is 2.01. The van der Waals surface area contributed by atoms with E-state index in [1.54, 1.807) is 24.3 Å². The topological polar surface area (TPSA) is 96.0 Å². The van der Waals surface area contributed by atoms with Gasteiger partial charge in [0.05, 0.1) is 19.1 Å². The number of rotatable bonds is 14. The van der Waals surface area contributed by atoms with E-state index < -0.39 is 28.5 Å². The van der Waals surface area contributed by atoms with Gasteiger partial charge in [0.1, 0.15) is 18.3 Å². The van der Waals surface area contributed by atoms with Crippen LogP contribution < -0.4 is 14.4 Å². The van der Waals surface area contributed by atoms with E-state index in [-0.39, 0.29) is 18.9 Å². The number of hydrogen-bond donors (Lipinski definition) is 1. The predicted molar refractivity (Wildman–Crippen MR) is 154 cm³/mol. The highest BCUT2D eigenvalue weighted by molar-refractivity contribution is 7.92. The summed E-state index contributed by atoms with van der Waals surface area (Å²) >= 11 is 0. The number of unbranched alkanes of at least 4 members (excludes halogenated alkanes) is 1. The summed E-state index contributed by atoms with van der Waals surface area (Å²) < 4.78 is 32.0. The molecule has 0 aliphatic rings. The molecule has 3 aromatic rings. The average molecular weight is 552 g/mol. The zero-order chi connectivity index (χ0) is 28.3. The SMILES string of the molecule is CCCCNC(=O)[C@@H](Cc1ccccc1)N(Cc1ccccc1)C(=O)CN(c1cccc(OC)c1)S(C)(=O)=O. The van der Waals surface area contributed by atoms with Crippen molar-refractivity contribution in [2.75, 3.05) is 30.8 Å². The Morgan fingerprint density at radius 3 is 2.15 bits per heavy atom. The van der Waals surface area contributed by atoms with E-state index in [0.29, 0.717) is 18.0 Å². The van der Waals surface area contributed by atoms with E-state index in [2.05, 4.69) is 5.32 Å². The first-order chi connectivity index (χ1) is 18.7. The summed E-state index contributed by atoms with van der Waals surface area (Å²) in [4.78, 5) is 29.0. The first-order valence-corrected chi connectivity index (χ1v) is 14.8. The zero-order valence-corrected chi connectivity index (χ0v) is 23.6. The van der Waals surface area contributed by atoms with E-state index >= 15 is 0 Å². The molecule has 3 rings (SSSR count). The summed E-state index contributed by atoms with van der Waals surface area (Å²) in [6, 6.07) is 24.6. The van der Waals surface area contributed by atoms with Gasteiger partial charge in [-0.3, -0.25) is 13.9 Å². The lowest BCUT2D eigenvalue weighted by molar-refractivity contribution is -0.140. The molecule has 39 heavy (non-hydrogen) atoms. The van der Waals surface area contributed by atoms with E-state index in [0.717, 1.165) is 34.5 Å². The largest absolute Gasteiger partial charge is 0.497 e. The van der Waals surface area contributed by atoms with Gasteiger partial charge in [0.15, 0.2) is 0 Å². The smallest absolute Gasteiger partial charge is 0.244 e. The third kappa shape index (κ3) is 8.85. The van der Waals surface area contributed by atoms with Gasteiger partial charge in [-0.05, 0) is 29.7 Å². The van der Waals surface area contributed by atoms with Crippen molar-refractivity contribution in [2.24, 2.45) is 0 Å². The molecule has 1 atom stereocenters. The maximum atomic E-state index is 14.0. The number of sulfonamides is 1. The minimum Gasteiger partial charge on any atom is -0.497 e. The van der Waals surface area contributed by atoms with Crippen LogP contribution in [0, 0.1) is 0 Å². The second kappa shape index (κ2) is 14.3. The van der Waals surface area contributed by atoms with E-state index in [1.807, 2.05) is 67.6 Å². The number of methoxy groups -OCH3 is 1. The van der Waals surface area contributed by atoms with Crippen LogP contribution in [-0.4, -0.2) is 57.6 Å². The Labute approximate surface area is 231 Å². The zero-order valence-electron chi connectivity index (χ0n) is 22.7. The van der Waals surface area contributed by atoms with E-state index in [4.69, 9.17) is 4.74 Å². The summed E-state index contributed by atoms with van der Waals surface area (Å²) in [7, 11) is -2.35.